The van der Waals surface area contributed by atoms with E-state index < -0.39 is 0 Å². The summed E-state index contributed by atoms with van der Waals surface area (Å²) >= 11 is 9.35. The van der Waals surface area contributed by atoms with E-state index in [2.05, 4.69) is 15.9 Å². The third kappa shape index (κ3) is 2.58. The van der Waals surface area contributed by atoms with Crippen LogP contribution in [-0.4, -0.2) is 19.1 Å². The Morgan fingerprint density at radius 2 is 2.31 bits per heavy atom. The molecular formula is C12H13BrClFO. The fourth-order valence-corrected chi connectivity index (χ4v) is 2.74. The van der Waals surface area contributed by atoms with Gasteiger partial charge in [-0.05, 0) is 36.6 Å². The molecule has 1 aliphatic heterocycles. The first-order valence-electron chi connectivity index (χ1n) is 5.23. The molecule has 88 valence electrons. The molecule has 1 heterocycles. The summed E-state index contributed by atoms with van der Waals surface area (Å²) < 4.78 is 19.9. The molecule has 0 amide bonds. The van der Waals surface area contributed by atoms with E-state index in [9.17, 15) is 4.39 Å². The van der Waals surface area contributed by atoms with Crippen LogP contribution in [0.5, 0.6) is 0 Å². The molecule has 4 heteroatoms. The monoisotopic (exact) mass is 306 g/mol. The van der Waals surface area contributed by atoms with Crippen molar-refractivity contribution in [3.63, 3.8) is 0 Å². The van der Waals surface area contributed by atoms with Crippen molar-refractivity contribution in [2.75, 3.05) is 19.1 Å². The van der Waals surface area contributed by atoms with Crippen LogP contribution in [0.3, 0.4) is 0 Å². The molecule has 1 aromatic carbocycles. The third-order valence-electron chi connectivity index (χ3n) is 3.04. The molecule has 2 rings (SSSR count). The van der Waals surface area contributed by atoms with Crippen molar-refractivity contribution in [1.82, 2.24) is 0 Å². The highest BCUT2D eigenvalue weighted by Crippen LogP contribution is 2.35. The molecule has 1 fully saturated rings. The van der Waals surface area contributed by atoms with Crippen molar-refractivity contribution >= 4 is 27.5 Å². The van der Waals surface area contributed by atoms with Gasteiger partial charge in [0, 0.05) is 22.4 Å². The summed E-state index contributed by atoms with van der Waals surface area (Å²) in [4.78, 5) is 0. The number of halogens is 3. The molecule has 0 aliphatic carbocycles. The molecule has 0 aromatic heterocycles. The van der Waals surface area contributed by atoms with Crippen LogP contribution < -0.4 is 0 Å². The van der Waals surface area contributed by atoms with Gasteiger partial charge in [-0.15, -0.1) is 11.6 Å². The number of hydrogen-bond donors (Lipinski definition) is 0. The maximum Gasteiger partial charge on any atom is 0.126 e. The molecule has 1 atom stereocenters. The zero-order valence-electron chi connectivity index (χ0n) is 8.81. The van der Waals surface area contributed by atoms with E-state index >= 15 is 0 Å². The Labute approximate surface area is 108 Å². The van der Waals surface area contributed by atoms with Crippen molar-refractivity contribution < 1.29 is 9.13 Å². The highest BCUT2D eigenvalue weighted by molar-refractivity contribution is 9.10. The van der Waals surface area contributed by atoms with Gasteiger partial charge in [0.15, 0.2) is 0 Å². The zero-order valence-corrected chi connectivity index (χ0v) is 11.2. The Balaban J connectivity index is 2.21. The lowest BCUT2D eigenvalue weighted by atomic mass is 9.83. The standard InChI is InChI=1S/C12H13BrClFO/c13-10-1-2-11(15)9(5-10)6-12(7-14)3-4-16-8-12/h1-2,5H,3-4,6-8H2. The van der Waals surface area contributed by atoms with Crippen LogP contribution in [0, 0.1) is 11.2 Å². The molecule has 0 saturated carbocycles. The Kier molecular flexibility index (Phi) is 3.88. The van der Waals surface area contributed by atoms with Gasteiger partial charge in [0.1, 0.15) is 5.82 Å². The third-order valence-corrected chi connectivity index (χ3v) is 4.10. The van der Waals surface area contributed by atoms with Crippen molar-refractivity contribution in [1.29, 1.82) is 0 Å². The van der Waals surface area contributed by atoms with Gasteiger partial charge in [-0.25, -0.2) is 4.39 Å². The maximum atomic E-state index is 13.6. The minimum atomic E-state index is -0.167. The second kappa shape index (κ2) is 5.03. The fourth-order valence-electron chi connectivity index (χ4n) is 2.02. The molecule has 1 saturated heterocycles. The minimum Gasteiger partial charge on any atom is -0.381 e. The Morgan fingerprint density at radius 3 is 2.94 bits per heavy atom. The highest BCUT2D eigenvalue weighted by atomic mass is 79.9. The normalized spacial score (nSPS) is 24.9. The van der Waals surface area contributed by atoms with Crippen LogP contribution in [0.1, 0.15) is 12.0 Å². The van der Waals surface area contributed by atoms with Gasteiger partial charge in [-0.2, -0.15) is 0 Å². The molecule has 0 bridgehead atoms. The average molecular weight is 308 g/mol. The number of alkyl halides is 1. The quantitative estimate of drug-likeness (QED) is 0.772. The largest absolute Gasteiger partial charge is 0.381 e. The summed E-state index contributed by atoms with van der Waals surface area (Å²) in [7, 11) is 0. The second-order valence-corrected chi connectivity index (χ2v) is 5.53. The Bertz CT molecular complexity index is 377. The summed E-state index contributed by atoms with van der Waals surface area (Å²) in [6.07, 6.45) is 1.55. The van der Waals surface area contributed by atoms with E-state index in [-0.39, 0.29) is 11.2 Å². The van der Waals surface area contributed by atoms with Gasteiger partial charge in [0.2, 0.25) is 0 Å². The van der Waals surface area contributed by atoms with Crippen LogP contribution in [0.15, 0.2) is 22.7 Å². The van der Waals surface area contributed by atoms with Crippen molar-refractivity contribution in [2.45, 2.75) is 12.8 Å². The van der Waals surface area contributed by atoms with Gasteiger partial charge >= 0.3 is 0 Å². The van der Waals surface area contributed by atoms with Gasteiger partial charge in [0.25, 0.3) is 0 Å². The Morgan fingerprint density at radius 1 is 1.50 bits per heavy atom. The second-order valence-electron chi connectivity index (χ2n) is 4.35. The van der Waals surface area contributed by atoms with E-state index in [0.29, 0.717) is 24.5 Å². The molecule has 0 spiro atoms. The molecule has 0 radical (unpaired) electrons. The molecule has 1 aliphatic rings. The first kappa shape index (κ1) is 12.3. The van der Waals surface area contributed by atoms with E-state index in [1.165, 1.54) is 6.07 Å². The topological polar surface area (TPSA) is 9.23 Å². The first-order valence-corrected chi connectivity index (χ1v) is 6.56. The number of benzene rings is 1. The predicted molar refractivity (Wildman–Crippen MR) is 66.4 cm³/mol. The van der Waals surface area contributed by atoms with Gasteiger partial charge in [0.05, 0.1) is 6.61 Å². The lowest BCUT2D eigenvalue weighted by Gasteiger charge is -2.24. The smallest absolute Gasteiger partial charge is 0.126 e. The van der Waals surface area contributed by atoms with E-state index in [1.54, 1.807) is 6.07 Å². The van der Waals surface area contributed by atoms with Crippen molar-refractivity contribution in [2.24, 2.45) is 5.41 Å². The van der Waals surface area contributed by atoms with Crippen LogP contribution in [0.4, 0.5) is 4.39 Å². The highest BCUT2D eigenvalue weighted by Gasteiger charge is 2.35. The SMILES string of the molecule is Fc1ccc(Br)cc1CC1(CCl)CCOC1. The summed E-state index contributed by atoms with van der Waals surface area (Å²) in [6, 6.07) is 5.01. The molecular weight excluding hydrogens is 294 g/mol. The van der Waals surface area contributed by atoms with Gasteiger partial charge in [-0.3, -0.25) is 0 Å². The van der Waals surface area contributed by atoms with Crippen LogP contribution >= 0.6 is 27.5 Å². The number of rotatable bonds is 3. The van der Waals surface area contributed by atoms with Gasteiger partial charge in [-0.1, -0.05) is 15.9 Å². The zero-order chi connectivity index (χ0) is 11.6. The molecule has 0 N–H and O–H groups in total. The van der Waals surface area contributed by atoms with Crippen LogP contribution in [-0.2, 0) is 11.2 Å². The molecule has 16 heavy (non-hydrogen) atoms. The summed E-state index contributed by atoms with van der Waals surface area (Å²) in [5, 5.41) is 0. The van der Waals surface area contributed by atoms with E-state index in [1.807, 2.05) is 6.07 Å². The number of ether oxygens (including phenoxy) is 1. The first-order chi connectivity index (χ1) is 7.65. The van der Waals surface area contributed by atoms with Crippen molar-refractivity contribution in [3.8, 4) is 0 Å². The van der Waals surface area contributed by atoms with E-state index in [0.717, 1.165) is 17.5 Å². The lowest BCUT2D eigenvalue weighted by molar-refractivity contribution is 0.160. The molecule has 1 unspecified atom stereocenters. The van der Waals surface area contributed by atoms with E-state index in [4.69, 9.17) is 16.3 Å². The average Bonchev–Trinajstić information content (AvgIpc) is 2.73. The maximum absolute atomic E-state index is 13.6. The van der Waals surface area contributed by atoms with Crippen molar-refractivity contribution in [3.05, 3.63) is 34.1 Å². The molecule has 1 nitrogen and oxygen atoms in total. The predicted octanol–water partition coefficient (Wildman–Crippen LogP) is 3.78. The number of hydrogen-bond acceptors (Lipinski definition) is 1. The fraction of sp³-hybridized carbons (Fsp3) is 0.500. The molecule has 1 aromatic rings. The summed E-state index contributed by atoms with van der Waals surface area (Å²) in [6.45, 7) is 1.35. The van der Waals surface area contributed by atoms with Crippen LogP contribution in [0.2, 0.25) is 0 Å². The van der Waals surface area contributed by atoms with Crippen LogP contribution in [0.25, 0.3) is 0 Å². The summed E-state index contributed by atoms with van der Waals surface area (Å²) in [5.74, 6) is 0.346. The lowest BCUT2D eigenvalue weighted by Crippen LogP contribution is -2.26. The Hall–Kier alpha value is -0.120. The summed E-state index contributed by atoms with van der Waals surface area (Å²) in [5.41, 5.74) is 0.615. The van der Waals surface area contributed by atoms with Gasteiger partial charge < -0.3 is 4.74 Å². The minimum absolute atomic E-state index is 0.0941.